The summed E-state index contributed by atoms with van der Waals surface area (Å²) in [6, 6.07) is 2.03. The predicted octanol–water partition coefficient (Wildman–Crippen LogP) is 2.48. The number of sulfonamides is 1. The number of hydrogen-bond donors (Lipinski definition) is 1. The Morgan fingerprint density at radius 1 is 1.47 bits per heavy atom. The van der Waals surface area contributed by atoms with Crippen LogP contribution in [0.2, 0.25) is 5.02 Å². The quantitative estimate of drug-likeness (QED) is 0.850. The van der Waals surface area contributed by atoms with Crippen molar-refractivity contribution < 1.29 is 12.8 Å². The monoisotopic (exact) mass is 306 g/mol. The lowest BCUT2D eigenvalue weighted by molar-refractivity contribution is 0.412. The number of benzene rings is 1. The first-order chi connectivity index (χ1) is 8.86. The van der Waals surface area contributed by atoms with Gasteiger partial charge in [-0.1, -0.05) is 18.5 Å². The third-order valence-electron chi connectivity index (χ3n) is 3.18. The second kappa shape index (κ2) is 5.26. The molecular weight excluding hydrogens is 291 g/mol. The molecule has 1 aliphatic rings. The Morgan fingerprint density at radius 2 is 2.11 bits per heavy atom. The van der Waals surface area contributed by atoms with E-state index in [9.17, 15) is 12.8 Å². The highest BCUT2D eigenvalue weighted by Crippen LogP contribution is 2.33. The van der Waals surface area contributed by atoms with Crippen LogP contribution < -0.4 is 5.73 Å². The molecule has 1 aromatic carbocycles. The van der Waals surface area contributed by atoms with Gasteiger partial charge in [-0.3, -0.25) is 0 Å². The summed E-state index contributed by atoms with van der Waals surface area (Å²) in [6.45, 7) is 2.60. The van der Waals surface area contributed by atoms with E-state index in [0.717, 1.165) is 25.0 Å². The summed E-state index contributed by atoms with van der Waals surface area (Å²) in [5.74, 6) is -0.291. The molecule has 7 heteroatoms. The minimum absolute atomic E-state index is 0.129. The van der Waals surface area contributed by atoms with Crippen molar-refractivity contribution in [1.29, 1.82) is 0 Å². The van der Waals surface area contributed by atoms with Crippen molar-refractivity contribution in [3.8, 4) is 0 Å². The van der Waals surface area contributed by atoms with E-state index in [1.54, 1.807) is 6.92 Å². The molecule has 0 aliphatic heterocycles. The van der Waals surface area contributed by atoms with Crippen molar-refractivity contribution in [2.24, 2.45) is 5.92 Å². The maximum atomic E-state index is 13.2. The predicted molar refractivity (Wildman–Crippen MR) is 73.0 cm³/mol. The lowest BCUT2D eigenvalue weighted by Gasteiger charge is -2.21. The molecule has 0 unspecified atom stereocenters. The minimum atomic E-state index is -3.72. The molecule has 0 aromatic heterocycles. The molecule has 2 N–H and O–H groups in total. The number of nitrogen functional groups attached to an aromatic ring is 1. The van der Waals surface area contributed by atoms with Crippen LogP contribution in [0.5, 0.6) is 0 Å². The Bertz CT molecular complexity index is 588. The molecule has 4 nitrogen and oxygen atoms in total. The topological polar surface area (TPSA) is 63.4 Å². The van der Waals surface area contributed by atoms with Crippen molar-refractivity contribution in [2.45, 2.75) is 24.7 Å². The van der Waals surface area contributed by atoms with Crippen LogP contribution in [0.15, 0.2) is 17.0 Å². The first-order valence-corrected chi connectivity index (χ1v) is 7.92. The highest BCUT2D eigenvalue weighted by molar-refractivity contribution is 7.89. The van der Waals surface area contributed by atoms with E-state index in [1.165, 1.54) is 4.31 Å². The maximum Gasteiger partial charge on any atom is 0.244 e. The van der Waals surface area contributed by atoms with E-state index < -0.39 is 15.8 Å². The molecule has 0 saturated heterocycles. The molecule has 0 amide bonds. The fraction of sp³-hybridized carbons (Fsp3) is 0.500. The Morgan fingerprint density at radius 3 is 2.63 bits per heavy atom. The Hall–Kier alpha value is -0.850. The number of nitrogens with two attached hydrogens (primary N) is 1. The number of hydrogen-bond acceptors (Lipinski definition) is 3. The Labute approximate surface area is 117 Å². The largest absolute Gasteiger partial charge is 0.396 e. The summed E-state index contributed by atoms with van der Waals surface area (Å²) < 4.78 is 39.5. The number of nitrogens with zero attached hydrogens (tertiary/aromatic N) is 1. The van der Waals surface area contributed by atoms with Gasteiger partial charge in [0.05, 0.1) is 10.7 Å². The van der Waals surface area contributed by atoms with Gasteiger partial charge in [0.25, 0.3) is 0 Å². The molecule has 0 spiro atoms. The van der Waals surface area contributed by atoms with Gasteiger partial charge in [-0.05, 0) is 30.9 Å². The molecule has 0 atom stereocenters. The van der Waals surface area contributed by atoms with Crippen molar-refractivity contribution in [3.05, 3.63) is 23.0 Å². The van der Waals surface area contributed by atoms with Crippen LogP contribution in [0.3, 0.4) is 0 Å². The van der Waals surface area contributed by atoms with Crippen LogP contribution in [0.4, 0.5) is 10.1 Å². The third-order valence-corrected chi connectivity index (χ3v) is 5.59. The van der Waals surface area contributed by atoms with Crippen molar-refractivity contribution >= 4 is 27.3 Å². The van der Waals surface area contributed by atoms with Gasteiger partial charge in [-0.25, -0.2) is 12.8 Å². The lowest BCUT2D eigenvalue weighted by Crippen LogP contribution is -2.33. The van der Waals surface area contributed by atoms with E-state index in [0.29, 0.717) is 19.0 Å². The van der Waals surface area contributed by atoms with Gasteiger partial charge in [0.2, 0.25) is 10.0 Å². The van der Waals surface area contributed by atoms with E-state index in [-0.39, 0.29) is 15.6 Å². The second-order valence-corrected chi connectivity index (χ2v) is 7.02. The first kappa shape index (κ1) is 14.6. The van der Waals surface area contributed by atoms with E-state index in [2.05, 4.69) is 0 Å². The molecular formula is C12H16ClFN2O2S. The molecule has 2 rings (SSSR count). The first-order valence-electron chi connectivity index (χ1n) is 6.11. The Balaban J connectivity index is 2.39. The zero-order valence-electron chi connectivity index (χ0n) is 10.6. The summed E-state index contributed by atoms with van der Waals surface area (Å²) in [5, 5.41) is -0.138. The normalized spacial score (nSPS) is 16.0. The zero-order valence-corrected chi connectivity index (χ0v) is 12.1. The second-order valence-electron chi connectivity index (χ2n) is 4.70. The van der Waals surface area contributed by atoms with Crippen LogP contribution in [0.25, 0.3) is 0 Å². The van der Waals surface area contributed by atoms with Gasteiger partial charge in [0, 0.05) is 13.1 Å². The van der Waals surface area contributed by atoms with Gasteiger partial charge in [-0.2, -0.15) is 4.31 Å². The van der Waals surface area contributed by atoms with Crippen LogP contribution in [0.1, 0.15) is 19.8 Å². The molecule has 0 heterocycles. The van der Waals surface area contributed by atoms with Gasteiger partial charge >= 0.3 is 0 Å². The van der Waals surface area contributed by atoms with Crippen LogP contribution in [0, 0.1) is 11.7 Å². The highest BCUT2D eigenvalue weighted by atomic mass is 35.5. The van der Waals surface area contributed by atoms with Crippen molar-refractivity contribution in [3.63, 3.8) is 0 Å². The van der Waals surface area contributed by atoms with Crippen molar-refractivity contribution in [1.82, 2.24) is 4.31 Å². The highest BCUT2D eigenvalue weighted by Gasteiger charge is 2.32. The molecule has 0 radical (unpaired) electrons. The molecule has 1 fully saturated rings. The molecule has 0 bridgehead atoms. The molecule has 1 aromatic rings. The zero-order chi connectivity index (χ0) is 14.2. The fourth-order valence-electron chi connectivity index (χ4n) is 1.87. The number of halogens is 2. The summed E-state index contributed by atoms with van der Waals surface area (Å²) >= 11 is 5.84. The molecule has 19 heavy (non-hydrogen) atoms. The van der Waals surface area contributed by atoms with E-state index in [1.807, 2.05) is 0 Å². The average molecular weight is 307 g/mol. The van der Waals surface area contributed by atoms with Gasteiger partial charge in [-0.15, -0.1) is 0 Å². The average Bonchev–Trinajstić information content (AvgIpc) is 3.14. The Kier molecular flexibility index (Phi) is 4.03. The SMILES string of the molecule is CCN(CC1CC1)S(=O)(=O)c1cc(N)c(F)cc1Cl. The standard InChI is InChI=1S/C12H16ClFN2O2S/c1-2-16(7-8-3-4-8)19(17,18)12-6-11(15)10(14)5-9(12)13/h5-6,8H,2-4,7,15H2,1H3. The molecule has 1 saturated carbocycles. The molecule has 106 valence electrons. The number of rotatable bonds is 5. The van der Waals surface area contributed by atoms with Crippen LogP contribution >= 0.6 is 11.6 Å². The summed E-state index contributed by atoms with van der Waals surface area (Å²) in [5.41, 5.74) is 5.21. The van der Waals surface area contributed by atoms with Gasteiger partial charge in [0.15, 0.2) is 0 Å². The molecule has 1 aliphatic carbocycles. The van der Waals surface area contributed by atoms with Gasteiger partial charge in [0.1, 0.15) is 10.7 Å². The lowest BCUT2D eigenvalue weighted by atomic mass is 10.3. The number of anilines is 1. The van der Waals surface area contributed by atoms with Crippen molar-refractivity contribution in [2.75, 3.05) is 18.8 Å². The summed E-state index contributed by atoms with van der Waals surface area (Å²) in [7, 11) is -3.72. The van der Waals surface area contributed by atoms with Crippen LogP contribution in [-0.2, 0) is 10.0 Å². The van der Waals surface area contributed by atoms with Crippen LogP contribution in [-0.4, -0.2) is 25.8 Å². The maximum absolute atomic E-state index is 13.2. The van der Waals surface area contributed by atoms with E-state index in [4.69, 9.17) is 17.3 Å². The summed E-state index contributed by atoms with van der Waals surface area (Å²) in [4.78, 5) is -0.129. The summed E-state index contributed by atoms with van der Waals surface area (Å²) in [6.07, 6.45) is 2.09. The smallest absolute Gasteiger partial charge is 0.244 e. The van der Waals surface area contributed by atoms with E-state index >= 15 is 0 Å². The third kappa shape index (κ3) is 3.01. The fourth-order valence-corrected chi connectivity index (χ4v) is 3.92. The minimum Gasteiger partial charge on any atom is -0.396 e. The van der Waals surface area contributed by atoms with Gasteiger partial charge < -0.3 is 5.73 Å².